The van der Waals surface area contributed by atoms with E-state index in [1.165, 1.54) is 0 Å². The second-order valence-electron chi connectivity index (χ2n) is 7.50. The zero-order chi connectivity index (χ0) is 16.4. The van der Waals surface area contributed by atoms with Crippen molar-refractivity contribution in [3.8, 4) is 0 Å². The molecular formula is C18H29N3O2. The van der Waals surface area contributed by atoms with E-state index in [1.54, 1.807) is 0 Å². The number of aromatic nitrogens is 1. The number of aryl methyl sites for hydroxylation is 1. The standard InChI is InChI=1S/C18H29N3O2/c1-13(2)4-5-17-19-15-12-21(11-8-16(15)23-17)18(22)14-6-9-20(3)10-7-14/h13-14H,4-12H2,1-3H3. The molecule has 2 aliphatic heterocycles. The molecule has 0 atom stereocenters. The Morgan fingerprint density at radius 2 is 2.04 bits per heavy atom. The Bertz CT molecular complexity index is 544. The summed E-state index contributed by atoms with van der Waals surface area (Å²) in [5.74, 6) is 3.01. The van der Waals surface area contributed by atoms with E-state index in [9.17, 15) is 4.79 Å². The molecule has 3 rings (SSSR count). The van der Waals surface area contributed by atoms with E-state index in [0.717, 1.165) is 69.1 Å². The van der Waals surface area contributed by atoms with Crippen LogP contribution in [0.3, 0.4) is 0 Å². The fourth-order valence-electron chi connectivity index (χ4n) is 3.47. The zero-order valence-electron chi connectivity index (χ0n) is 14.7. The van der Waals surface area contributed by atoms with E-state index in [-0.39, 0.29) is 5.92 Å². The number of amides is 1. The number of fused-ring (bicyclic) bond motifs is 1. The maximum absolute atomic E-state index is 12.7. The van der Waals surface area contributed by atoms with Gasteiger partial charge in [-0.25, -0.2) is 4.98 Å². The van der Waals surface area contributed by atoms with Gasteiger partial charge in [0.25, 0.3) is 0 Å². The summed E-state index contributed by atoms with van der Waals surface area (Å²) in [6.07, 6.45) is 4.77. The summed E-state index contributed by atoms with van der Waals surface area (Å²) in [5.41, 5.74) is 0.983. The first-order chi connectivity index (χ1) is 11.0. The Morgan fingerprint density at radius 3 is 2.74 bits per heavy atom. The number of carbonyl (C=O) groups excluding carboxylic acids is 1. The van der Waals surface area contributed by atoms with E-state index in [0.29, 0.717) is 18.4 Å². The molecule has 1 fully saturated rings. The molecule has 1 aromatic heterocycles. The lowest BCUT2D eigenvalue weighted by Gasteiger charge is -2.33. The topological polar surface area (TPSA) is 49.6 Å². The molecule has 23 heavy (non-hydrogen) atoms. The van der Waals surface area contributed by atoms with Crippen LogP contribution in [-0.2, 0) is 24.2 Å². The molecule has 5 nitrogen and oxygen atoms in total. The molecule has 3 heterocycles. The van der Waals surface area contributed by atoms with Gasteiger partial charge >= 0.3 is 0 Å². The van der Waals surface area contributed by atoms with Crippen LogP contribution in [0.5, 0.6) is 0 Å². The molecule has 5 heteroatoms. The van der Waals surface area contributed by atoms with Gasteiger partial charge in [-0.2, -0.15) is 0 Å². The lowest BCUT2D eigenvalue weighted by atomic mass is 9.95. The van der Waals surface area contributed by atoms with Gasteiger partial charge < -0.3 is 14.2 Å². The average molecular weight is 319 g/mol. The van der Waals surface area contributed by atoms with Gasteiger partial charge in [-0.3, -0.25) is 4.79 Å². The largest absolute Gasteiger partial charge is 0.445 e. The first-order valence-electron chi connectivity index (χ1n) is 8.97. The Hall–Kier alpha value is -1.36. The van der Waals surface area contributed by atoms with Crippen molar-refractivity contribution < 1.29 is 9.21 Å². The minimum absolute atomic E-state index is 0.195. The van der Waals surface area contributed by atoms with Gasteiger partial charge in [-0.15, -0.1) is 0 Å². The van der Waals surface area contributed by atoms with Crippen LogP contribution in [0, 0.1) is 11.8 Å². The summed E-state index contributed by atoms with van der Waals surface area (Å²) in [4.78, 5) is 21.7. The predicted molar refractivity (Wildman–Crippen MR) is 89.0 cm³/mol. The van der Waals surface area contributed by atoms with Gasteiger partial charge in [-0.1, -0.05) is 13.8 Å². The fourth-order valence-corrected chi connectivity index (χ4v) is 3.47. The van der Waals surface area contributed by atoms with Crippen LogP contribution in [0.4, 0.5) is 0 Å². The normalized spacial score (nSPS) is 20.1. The molecule has 0 radical (unpaired) electrons. The quantitative estimate of drug-likeness (QED) is 0.855. The Morgan fingerprint density at radius 1 is 1.30 bits per heavy atom. The average Bonchev–Trinajstić information content (AvgIpc) is 2.95. The molecule has 0 aliphatic carbocycles. The third kappa shape index (κ3) is 3.94. The van der Waals surface area contributed by atoms with E-state index < -0.39 is 0 Å². The summed E-state index contributed by atoms with van der Waals surface area (Å²) < 4.78 is 5.89. The lowest BCUT2D eigenvalue weighted by Crippen LogP contribution is -2.43. The van der Waals surface area contributed by atoms with Crippen molar-refractivity contribution >= 4 is 5.91 Å². The van der Waals surface area contributed by atoms with E-state index >= 15 is 0 Å². The van der Waals surface area contributed by atoms with Crippen molar-refractivity contribution in [3.05, 3.63) is 17.3 Å². The van der Waals surface area contributed by atoms with Crippen molar-refractivity contribution in [2.24, 2.45) is 11.8 Å². The van der Waals surface area contributed by atoms with Gasteiger partial charge in [0.15, 0.2) is 5.89 Å². The Labute approximate surface area is 139 Å². The maximum atomic E-state index is 12.7. The predicted octanol–water partition coefficient (Wildman–Crippen LogP) is 2.49. The van der Waals surface area contributed by atoms with E-state index in [1.807, 2.05) is 4.90 Å². The number of piperidine rings is 1. The Balaban J connectivity index is 1.60. The van der Waals surface area contributed by atoms with E-state index in [2.05, 4.69) is 30.8 Å². The molecule has 128 valence electrons. The van der Waals surface area contributed by atoms with Crippen LogP contribution in [0.15, 0.2) is 4.42 Å². The fraction of sp³-hybridized carbons (Fsp3) is 0.778. The van der Waals surface area contributed by atoms with Crippen molar-refractivity contribution in [1.82, 2.24) is 14.8 Å². The third-order valence-corrected chi connectivity index (χ3v) is 5.09. The summed E-state index contributed by atoms with van der Waals surface area (Å²) in [7, 11) is 2.13. The van der Waals surface area contributed by atoms with Crippen LogP contribution in [0.2, 0.25) is 0 Å². The monoisotopic (exact) mass is 319 g/mol. The molecule has 0 unspecified atom stereocenters. The van der Waals surface area contributed by atoms with Crippen LogP contribution < -0.4 is 0 Å². The molecular weight excluding hydrogens is 290 g/mol. The summed E-state index contributed by atoms with van der Waals surface area (Å²) in [6, 6.07) is 0. The molecule has 1 saturated heterocycles. The first kappa shape index (κ1) is 16.5. The molecule has 0 spiro atoms. The van der Waals surface area contributed by atoms with Crippen LogP contribution >= 0.6 is 0 Å². The van der Waals surface area contributed by atoms with E-state index in [4.69, 9.17) is 4.42 Å². The number of hydrogen-bond donors (Lipinski definition) is 0. The van der Waals surface area contributed by atoms with Gasteiger partial charge in [0.1, 0.15) is 11.5 Å². The minimum Gasteiger partial charge on any atom is -0.445 e. The highest BCUT2D eigenvalue weighted by Gasteiger charge is 2.31. The summed E-state index contributed by atoms with van der Waals surface area (Å²) in [5, 5.41) is 0. The molecule has 0 saturated carbocycles. The Kier molecular flexibility index (Phi) is 5.05. The third-order valence-electron chi connectivity index (χ3n) is 5.09. The van der Waals surface area contributed by atoms with Crippen molar-refractivity contribution in [3.63, 3.8) is 0 Å². The molecule has 2 aliphatic rings. The summed E-state index contributed by atoms with van der Waals surface area (Å²) >= 11 is 0. The van der Waals surface area contributed by atoms with Crippen LogP contribution in [0.25, 0.3) is 0 Å². The van der Waals surface area contributed by atoms with Crippen LogP contribution in [0.1, 0.15) is 50.5 Å². The number of rotatable bonds is 4. The zero-order valence-corrected chi connectivity index (χ0v) is 14.7. The van der Waals surface area contributed by atoms with Crippen molar-refractivity contribution in [2.75, 3.05) is 26.7 Å². The number of carbonyl (C=O) groups is 1. The van der Waals surface area contributed by atoms with Gasteiger partial charge in [-0.05, 0) is 45.3 Å². The number of hydrogen-bond acceptors (Lipinski definition) is 4. The van der Waals surface area contributed by atoms with Crippen molar-refractivity contribution in [2.45, 2.75) is 52.5 Å². The van der Waals surface area contributed by atoms with Gasteiger partial charge in [0.05, 0.1) is 6.54 Å². The smallest absolute Gasteiger partial charge is 0.226 e. The second kappa shape index (κ2) is 7.04. The second-order valence-corrected chi connectivity index (χ2v) is 7.50. The minimum atomic E-state index is 0.195. The summed E-state index contributed by atoms with van der Waals surface area (Å²) in [6.45, 7) is 7.88. The number of nitrogens with zero attached hydrogens (tertiary/aromatic N) is 3. The molecule has 0 aromatic carbocycles. The van der Waals surface area contributed by atoms with Gasteiger partial charge in [0.2, 0.25) is 5.91 Å². The molecule has 0 N–H and O–H groups in total. The highest BCUT2D eigenvalue weighted by atomic mass is 16.4. The first-order valence-corrected chi connectivity index (χ1v) is 8.97. The SMILES string of the molecule is CC(C)CCc1nc2c(o1)CCN(C(=O)C1CCN(C)CC1)C2. The van der Waals surface area contributed by atoms with Gasteiger partial charge in [0, 0.05) is 25.3 Å². The number of oxazole rings is 1. The molecule has 1 amide bonds. The highest BCUT2D eigenvalue weighted by molar-refractivity contribution is 5.79. The molecule has 1 aromatic rings. The van der Waals surface area contributed by atoms with Crippen LogP contribution in [-0.4, -0.2) is 47.4 Å². The van der Waals surface area contributed by atoms with Crippen molar-refractivity contribution in [1.29, 1.82) is 0 Å². The highest BCUT2D eigenvalue weighted by Crippen LogP contribution is 2.25. The maximum Gasteiger partial charge on any atom is 0.226 e. The lowest BCUT2D eigenvalue weighted by molar-refractivity contribution is -0.138. The molecule has 0 bridgehead atoms. The number of likely N-dealkylation sites (tertiary alicyclic amines) is 1.